The van der Waals surface area contributed by atoms with Gasteiger partial charge in [-0.2, -0.15) is 0 Å². The van der Waals surface area contributed by atoms with Gasteiger partial charge in [-0.05, 0) is 61.3 Å². The van der Waals surface area contributed by atoms with Gasteiger partial charge >= 0.3 is 5.97 Å². The van der Waals surface area contributed by atoms with Crippen LogP contribution in [0.2, 0.25) is 0 Å². The third-order valence-corrected chi connectivity index (χ3v) is 4.77. The monoisotopic (exact) mass is 299 g/mol. The van der Waals surface area contributed by atoms with Crippen LogP contribution in [0.15, 0.2) is 36.9 Å². The molecule has 0 radical (unpaired) electrons. The number of hydrogen-bond donors (Lipinski definition) is 1. The van der Waals surface area contributed by atoms with Gasteiger partial charge in [-0.25, -0.2) is 4.79 Å². The highest BCUT2D eigenvalue weighted by Crippen LogP contribution is 2.46. The van der Waals surface area contributed by atoms with Gasteiger partial charge in [-0.1, -0.05) is 18.7 Å². The third kappa shape index (κ3) is 3.21. The molecule has 3 rings (SSSR count). The number of carbonyl (C=O) groups excluding carboxylic acids is 2. The molecule has 3 unspecified atom stereocenters. The van der Waals surface area contributed by atoms with Crippen molar-refractivity contribution in [2.75, 3.05) is 0 Å². The number of amides is 1. The minimum absolute atomic E-state index is 0.109. The van der Waals surface area contributed by atoms with E-state index in [4.69, 9.17) is 4.74 Å². The van der Waals surface area contributed by atoms with Crippen LogP contribution in [0.5, 0.6) is 0 Å². The first kappa shape index (κ1) is 14.8. The quantitative estimate of drug-likeness (QED) is 0.672. The van der Waals surface area contributed by atoms with Crippen molar-refractivity contribution in [3.8, 4) is 0 Å². The number of esters is 1. The van der Waals surface area contributed by atoms with E-state index in [-0.39, 0.29) is 18.0 Å². The number of fused-ring (bicyclic) bond motifs is 2. The van der Waals surface area contributed by atoms with Crippen LogP contribution in [0.1, 0.15) is 41.6 Å². The molecule has 1 aromatic carbocycles. The Morgan fingerprint density at radius 2 is 2.00 bits per heavy atom. The fraction of sp³-hybridized carbons (Fsp3) is 0.444. The van der Waals surface area contributed by atoms with Gasteiger partial charge in [0, 0.05) is 6.54 Å². The van der Waals surface area contributed by atoms with E-state index in [1.807, 2.05) is 12.1 Å². The summed E-state index contributed by atoms with van der Waals surface area (Å²) >= 11 is 0. The van der Waals surface area contributed by atoms with E-state index in [1.54, 1.807) is 12.1 Å². The van der Waals surface area contributed by atoms with E-state index in [0.717, 1.165) is 17.9 Å². The number of rotatable bonds is 5. The third-order valence-electron chi connectivity index (χ3n) is 4.77. The number of ether oxygens (including phenoxy) is 1. The Morgan fingerprint density at radius 1 is 1.23 bits per heavy atom. The second-order valence-electron chi connectivity index (χ2n) is 6.24. The molecule has 0 aliphatic heterocycles. The molecular weight excluding hydrogens is 278 g/mol. The van der Waals surface area contributed by atoms with Crippen LogP contribution in [0.3, 0.4) is 0 Å². The van der Waals surface area contributed by atoms with Crippen molar-refractivity contribution in [3.05, 3.63) is 48.0 Å². The molecule has 22 heavy (non-hydrogen) atoms. The average Bonchev–Trinajstić information content (AvgIpc) is 3.15. The van der Waals surface area contributed by atoms with E-state index in [2.05, 4.69) is 11.9 Å². The topological polar surface area (TPSA) is 55.4 Å². The lowest BCUT2D eigenvalue weighted by atomic mass is 9.98. The molecule has 2 saturated carbocycles. The Bertz CT molecular complexity index is 578. The highest BCUT2D eigenvalue weighted by atomic mass is 16.5. The Kier molecular flexibility index (Phi) is 4.27. The maximum absolute atomic E-state index is 12.2. The molecule has 0 heterocycles. The van der Waals surface area contributed by atoms with Gasteiger partial charge in [0.05, 0.1) is 5.56 Å². The zero-order valence-electron chi connectivity index (χ0n) is 12.6. The summed E-state index contributed by atoms with van der Waals surface area (Å²) < 4.78 is 5.66. The first-order valence-electron chi connectivity index (χ1n) is 7.86. The lowest BCUT2D eigenvalue weighted by Crippen LogP contribution is -2.24. The average molecular weight is 299 g/mol. The number of benzene rings is 1. The van der Waals surface area contributed by atoms with Crippen LogP contribution < -0.4 is 5.32 Å². The summed E-state index contributed by atoms with van der Waals surface area (Å²) in [5.74, 6) is 0.889. The SMILES string of the molecule is C=CC(=O)NCc1ccc(C(=O)OC2CC3CCC2C3)cc1. The van der Waals surface area contributed by atoms with E-state index >= 15 is 0 Å². The molecule has 4 heteroatoms. The van der Waals surface area contributed by atoms with Crippen molar-refractivity contribution in [1.82, 2.24) is 5.32 Å². The van der Waals surface area contributed by atoms with E-state index < -0.39 is 0 Å². The van der Waals surface area contributed by atoms with Gasteiger partial charge in [0.25, 0.3) is 0 Å². The Hall–Kier alpha value is -2.10. The molecule has 1 N–H and O–H groups in total. The zero-order chi connectivity index (χ0) is 15.5. The Balaban J connectivity index is 1.54. The second kappa shape index (κ2) is 6.34. The van der Waals surface area contributed by atoms with Gasteiger partial charge in [0.1, 0.15) is 6.10 Å². The molecule has 4 nitrogen and oxygen atoms in total. The molecular formula is C18H21NO3. The van der Waals surface area contributed by atoms with Crippen LogP contribution >= 0.6 is 0 Å². The van der Waals surface area contributed by atoms with Crippen LogP contribution in [-0.2, 0) is 16.1 Å². The molecule has 2 fully saturated rings. The summed E-state index contributed by atoms with van der Waals surface area (Å²) in [6.07, 6.45) is 6.09. The first-order valence-corrected chi connectivity index (χ1v) is 7.86. The Labute approximate surface area is 130 Å². The predicted octanol–water partition coefficient (Wildman–Crippen LogP) is 2.83. The summed E-state index contributed by atoms with van der Waals surface area (Å²) in [6.45, 7) is 3.83. The number of carbonyl (C=O) groups is 2. The molecule has 116 valence electrons. The maximum Gasteiger partial charge on any atom is 0.338 e. The van der Waals surface area contributed by atoms with Crippen LogP contribution in [-0.4, -0.2) is 18.0 Å². The minimum Gasteiger partial charge on any atom is -0.458 e. The fourth-order valence-electron chi connectivity index (χ4n) is 3.56. The molecule has 3 atom stereocenters. The molecule has 0 aromatic heterocycles. The second-order valence-corrected chi connectivity index (χ2v) is 6.24. The number of nitrogens with one attached hydrogen (secondary N) is 1. The summed E-state index contributed by atoms with van der Waals surface area (Å²) in [4.78, 5) is 23.3. The van der Waals surface area contributed by atoms with Crippen molar-refractivity contribution < 1.29 is 14.3 Å². The van der Waals surface area contributed by atoms with Gasteiger partial charge in [0.2, 0.25) is 5.91 Å². The lowest BCUT2D eigenvalue weighted by molar-refractivity contribution is -0.116. The van der Waals surface area contributed by atoms with Crippen LogP contribution in [0.25, 0.3) is 0 Å². The van der Waals surface area contributed by atoms with Crippen molar-refractivity contribution in [2.24, 2.45) is 11.8 Å². The summed E-state index contributed by atoms with van der Waals surface area (Å²) in [5.41, 5.74) is 1.51. The normalized spacial score (nSPS) is 25.7. The molecule has 1 aromatic rings. The molecule has 0 saturated heterocycles. The Morgan fingerprint density at radius 3 is 2.59 bits per heavy atom. The summed E-state index contributed by atoms with van der Waals surface area (Å²) in [6, 6.07) is 7.18. The first-order chi connectivity index (χ1) is 10.7. The van der Waals surface area contributed by atoms with Gasteiger partial charge in [-0.3, -0.25) is 4.79 Å². The van der Waals surface area contributed by atoms with E-state index in [1.165, 1.54) is 25.3 Å². The molecule has 0 spiro atoms. The minimum atomic E-state index is -0.237. The van der Waals surface area contributed by atoms with Gasteiger partial charge < -0.3 is 10.1 Å². The highest BCUT2D eigenvalue weighted by Gasteiger charge is 2.41. The standard InChI is InChI=1S/C18H21NO3/c1-2-17(20)19-11-12-3-6-14(7-4-12)18(21)22-16-10-13-5-8-15(16)9-13/h2-4,6-7,13,15-16H,1,5,8-11H2,(H,19,20). The van der Waals surface area contributed by atoms with E-state index in [0.29, 0.717) is 18.0 Å². The smallest absolute Gasteiger partial charge is 0.338 e. The van der Waals surface area contributed by atoms with Crippen molar-refractivity contribution in [2.45, 2.75) is 38.3 Å². The molecule has 2 aliphatic carbocycles. The fourth-order valence-corrected chi connectivity index (χ4v) is 3.56. The maximum atomic E-state index is 12.2. The van der Waals surface area contributed by atoms with E-state index in [9.17, 15) is 9.59 Å². The van der Waals surface area contributed by atoms with Gasteiger partial charge in [0.15, 0.2) is 0 Å². The molecule has 2 bridgehead atoms. The van der Waals surface area contributed by atoms with Crippen molar-refractivity contribution in [1.29, 1.82) is 0 Å². The van der Waals surface area contributed by atoms with Crippen LogP contribution in [0.4, 0.5) is 0 Å². The number of hydrogen-bond acceptors (Lipinski definition) is 3. The molecule has 1 amide bonds. The highest BCUT2D eigenvalue weighted by molar-refractivity contribution is 5.89. The largest absolute Gasteiger partial charge is 0.458 e. The predicted molar refractivity (Wildman–Crippen MR) is 83.1 cm³/mol. The zero-order valence-corrected chi connectivity index (χ0v) is 12.6. The summed E-state index contributed by atoms with van der Waals surface area (Å²) in [5, 5.41) is 2.70. The van der Waals surface area contributed by atoms with Crippen molar-refractivity contribution in [3.63, 3.8) is 0 Å². The molecule has 2 aliphatic rings. The van der Waals surface area contributed by atoms with Gasteiger partial charge in [-0.15, -0.1) is 0 Å². The van der Waals surface area contributed by atoms with Crippen molar-refractivity contribution >= 4 is 11.9 Å². The summed E-state index contributed by atoms with van der Waals surface area (Å²) in [7, 11) is 0. The van der Waals surface area contributed by atoms with Crippen LogP contribution in [0, 0.1) is 11.8 Å². The lowest BCUT2D eigenvalue weighted by Gasteiger charge is -2.21.